The second-order valence-electron chi connectivity index (χ2n) is 5.41. The average molecular weight is 290 g/mol. The van der Waals surface area contributed by atoms with Crippen LogP contribution in [0.5, 0.6) is 0 Å². The van der Waals surface area contributed by atoms with Crippen LogP contribution in [0.3, 0.4) is 0 Å². The van der Waals surface area contributed by atoms with Crippen LogP contribution in [-0.4, -0.2) is 29.8 Å². The Morgan fingerprint density at radius 2 is 2.00 bits per heavy atom. The van der Waals surface area contributed by atoms with Crippen LogP contribution in [0, 0.1) is 6.92 Å². The van der Waals surface area contributed by atoms with E-state index < -0.39 is 0 Å². The number of hydrogen-bond acceptors (Lipinski definition) is 2. The lowest BCUT2D eigenvalue weighted by Crippen LogP contribution is -2.40. The molecule has 2 amide bonds. The third-order valence-corrected chi connectivity index (χ3v) is 3.38. The first-order valence-electron chi connectivity index (χ1n) is 7.60. The van der Waals surface area contributed by atoms with Gasteiger partial charge in [0, 0.05) is 20.0 Å². The second-order valence-corrected chi connectivity index (χ2v) is 5.41. The Morgan fingerprint density at radius 3 is 2.62 bits per heavy atom. The number of nitrogens with one attached hydrogen (secondary N) is 1. The van der Waals surface area contributed by atoms with Gasteiger partial charge < -0.3 is 10.2 Å². The minimum absolute atomic E-state index is 0.0446. The maximum atomic E-state index is 11.9. The number of aryl methyl sites for hydroxylation is 1. The molecule has 0 fully saturated rings. The van der Waals surface area contributed by atoms with E-state index in [9.17, 15) is 9.59 Å². The smallest absolute Gasteiger partial charge is 0.239 e. The van der Waals surface area contributed by atoms with E-state index in [1.54, 1.807) is 4.90 Å². The van der Waals surface area contributed by atoms with Gasteiger partial charge in [0.05, 0.1) is 6.54 Å². The van der Waals surface area contributed by atoms with Crippen molar-refractivity contribution in [3.63, 3.8) is 0 Å². The Labute approximate surface area is 127 Å². The summed E-state index contributed by atoms with van der Waals surface area (Å²) in [7, 11) is 0. The fourth-order valence-corrected chi connectivity index (χ4v) is 2.15. The first kappa shape index (κ1) is 17.2. The largest absolute Gasteiger partial charge is 0.350 e. The highest BCUT2D eigenvalue weighted by Crippen LogP contribution is 2.03. The van der Waals surface area contributed by atoms with Gasteiger partial charge in [0.1, 0.15) is 0 Å². The summed E-state index contributed by atoms with van der Waals surface area (Å²) in [5.74, 6) is -0.153. The van der Waals surface area contributed by atoms with Crippen molar-refractivity contribution >= 4 is 11.8 Å². The lowest BCUT2D eigenvalue weighted by molar-refractivity contribution is -0.134. The van der Waals surface area contributed by atoms with Crippen LogP contribution >= 0.6 is 0 Å². The average Bonchev–Trinajstić information content (AvgIpc) is 2.44. The summed E-state index contributed by atoms with van der Waals surface area (Å²) < 4.78 is 0. The summed E-state index contributed by atoms with van der Waals surface area (Å²) in [5.41, 5.74) is 2.25. The quantitative estimate of drug-likeness (QED) is 0.748. The van der Waals surface area contributed by atoms with Gasteiger partial charge in [0.2, 0.25) is 11.8 Å². The fourth-order valence-electron chi connectivity index (χ4n) is 2.15. The Hall–Kier alpha value is -1.84. The summed E-state index contributed by atoms with van der Waals surface area (Å²) >= 11 is 0. The van der Waals surface area contributed by atoms with Crippen LogP contribution in [0.2, 0.25) is 0 Å². The predicted octanol–water partition coefficient (Wildman–Crippen LogP) is 2.65. The van der Waals surface area contributed by atoms with E-state index in [-0.39, 0.29) is 18.4 Å². The molecule has 1 N–H and O–H groups in total. The number of rotatable bonds is 8. The molecule has 0 spiro atoms. The number of carbonyl (C=O) groups excluding carboxylic acids is 2. The molecular weight excluding hydrogens is 264 g/mol. The summed E-state index contributed by atoms with van der Waals surface area (Å²) in [5, 5.41) is 2.87. The van der Waals surface area contributed by atoms with Crippen LogP contribution in [0.25, 0.3) is 0 Å². The molecular formula is C17H26N2O2. The molecule has 0 heterocycles. The summed E-state index contributed by atoms with van der Waals surface area (Å²) in [6.07, 6.45) is 3.13. The van der Waals surface area contributed by atoms with E-state index >= 15 is 0 Å². The minimum atomic E-state index is -0.108. The van der Waals surface area contributed by atoms with Crippen LogP contribution in [0.15, 0.2) is 24.3 Å². The SMILES string of the molecule is CCCCCN(CC(=O)NCc1cccc(C)c1)C(C)=O. The van der Waals surface area contributed by atoms with Crippen LogP contribution in [0.4, 0.5) is 0 Å². The van der Waals surface area contributed by atoms with E-state index in [1.807, 2.05) is 31.2 Å². The first-order chi connectivity index (χ1) is 10.0. The Morgan fingerprint density at radius 1 is 1.24 bits per heavy atom. The van der Waals surface area contributed by atoms with Gasteiger partial charge in [0.25, 0.3) is 0 Å². The maximum absolute atomic E-state index is 11.9. The Balaban J connectivity index is 2.41. The van der Waals surface area contributed by atoms with E-state index in [2.05, 4.69) is 12.2 Å². The van der Waals surface area contributed by atoms with Gasteiger partial charge in [-0.15, -0.1) is 0 Å². The monoisotopic (exact) mass is 290 g/mol. The minimum Gasteiger partial charge on any atom is -0.350 e. The zero-order valence-corrected chi connectivity index (χ0v) is 13.3. The van der Waals surface area contributed by atoms with Crippen molar-refractivity contribution in [3.05, 3.63) is 35.4 Å². The number of carbonyl (C=O) groups is 2. The summed E-state index contributed by atoms with van der Waals surface area (Å²) in [6, 6.07) is 8.03. The van der Waals surface area contributed by atoms with Gasteiger partial charge in [0.15, 0.2) is 0 Å². The van der Waals surface area contributed by atoms with E-state index in [4.69, 9.17) is 0 Å². The molecule has 0 aliphatic carbocycles. The molecule has 0 aliphatic rings. The fraction of sp³-hybridized carbons (Fsp3) is 0.529. The number of amides is 2. The standard InChI is InChI=1S/C17H26N2O2/c1-4-5-6-10-19(15(3)20)13-17(21)18-12-16-9-7-8-14(2)11-16/h7-9,11H,4-6,10,12-13H2,1-3H3,(H,18,21). The normalized spacial score (nSPS) is 10.2. The summed E-state index contributed by atoms with van der Waals surface area (Å²) in [4.78, 5) is 25.1. The molecule has 0 aromatic heterocycles. The van der Waals surface area contributed by atoms with Crippen molar-refractivity contribution in [2.75, 3.05) is 13.1 Å². The highest BCUT2D eigenvalue weighted by Gasteiger charge is 2.12. The molecule has 116 valence electrons. The van der Waals surface area contributed by atoms with Crippen LogP contribution in [-0.2, 0) is 16.1 Å². The first-order valence-corrected chi connectivity index (χ1v) is 7.60. The predicted molar refractivity (Wildman–Crippen MR) is 84.8 cm³/mol. The van der Waals surface area contributed by atoms with E-state index in [0.717, 1.165) is 24.8 Å². The number of hydrogen-bond donors (Lipinski definition) is 1. The van der Waals surface area contributed by atoms with Gasteiger partial charge >= 0.3 is 0 Å². The van der Waals surface area contributed by atoms with Crippen molar-refractivity contribution in [2.24, 2.45) is 0 Å². The molecule has 4 heteroatoms. The lowest BCUT2D eigenvalue weighted by Gasteiger charge is -2.20. The molecule has 1 rings (SSSR count). The van der Waals surface area contributed by atoms with Crippen molar-refractivity contribution in [2.45, 2.75) is 46.6 Å². The second kappa shape index (κ2) is 9.16. The molecule has 4 nitrogen and oxygen atoms in total. The number of benzene rings is 1. The van der Waals surface area contributed by atoms with E-state index in [0.29, 0.717) is 13.1 Å². The zero-order valence-electron chi connectivity index (χ0n) is 13.3. The molecule has 0 saturated carbocycles. The van der Waals surface area contributed by atoms with Crippen molar-refractivity contribution in [3.8, 4) is 0 Å². The molecule has 1 aromatic carbocycles. The lowest BCUT2D eigenvalue weighted by atomic mass is 10.1. The topological polar surface area (TPSA) is 49.4 Å². The molecule has 0 radical (unpaired) electrons. The van der Waals surface area contributed by atoms with Gasteiger partial charge in [-0.05, 0) is 18.9 Å². The molecule has 21 heavy (non-hydrogen) atoms. The van der Waals surface area contributed by atoms with Crippen molar-refractivity contribution in [1.82, 2.24) is 10.2 Å². The third kappa shape index (κ3) is 6.93. The molecule has 0 unspecified atom stereocenters. The number of unbranched alkanes of at least 4 members (excludes halogenated alkanes) is 2. The highest BCUT2D eigenvalue weighted by atomic mass is 16.2. The van der Waals surface area contributed by atoms with Crippen LogP contribution in [0.1, 0.15) is 44.2 Å². The Kier molecular flexibility index (Phi) is 7.51. The van der Waals surface area contributed by atoms with E-state index in [1.165, 1.54) is 12.5 Å². The highest BCUT2D eigenvalue weighted by molar-refractivity contribution is 5.83. The molecule has 0 saturated heterocycles. The van der Waals surface area contributed by atoms with Gasteiger partial charge in [-0.1, -0.05) is 49.6 Å². The van der Waals surface area contributed by atoms with Gasteiger partial charge in [-0.3, -0.25) is 9.59 Å². The van der Waals surface area contributed by atoms with Crippen LogP contribution < -0.4 is 5.32 Å². The van der Waals surface area contributed by atoms with Crippen molar-refractivity contribution < 1.29 is 9.59 Å². The molecule has 0 aliphatic heterocycles. The molecule has 0 bridgehead atoms. The zero-order chi connectivity index (χ0) is 15.7. The van der Waals surface area contributed by atoms with Gasteiger partial charge in [-0.25, -0.2) is 0 Å². The maximum Gasteiger partial charge on any atom is 0.239 e. The van der Waals surface area contributed by atoms with Crippen molar-refractivity contribution in [1.29, 1.82) is 0 Å². The molecule has 0 atom stereocenters. The summed E-state index contributed by atoms with van der Waals surface area (Å²) in [6.45, 7) is 6.95. The third-order valence-electron chi connectivity index (χ3n) is 3.38. The molecule has 1 aromatic rings. The van der Waals surface area contributed by atoms with Gasteiger partial charge in [-0.2, -0.15) is 0 Å². The Bertz CT molecular complexity index is 472. The number of nitrogens with zero attached hydrogens (tertiary/aromatic N) is 1.